The minimum Gasteiger partial charge on any atom is -0.493 e. The molecule has 1 saturated heterocycles. The highest BCUT2D eigenvalue weighted by Crippen LogP contribution is 2.42. The molecule has 8 nitrogen and oxygen atoms in total. The number of hydrogen-bond donors (Lipinski definition) is 0. The maximum absolute atomic E-state index is 13.8. The fourth-order valence-corrected chi connectivity index (χ4v) is 6.33. The van der Waals surface area contributed by atoms with Gasteiger partial charge in [-0.05, 0) is 61.2 Å². The minimum absolute atomic E-state index is 0.0797. The van der Waals surface area contributed by atoms with Crippen molar-refractivity contribution in [3.05, 3.63) is 81.8 Å². The normalized spacial score (nSPS) is 17.4. The molecule has 0 saturated carbocycles. The number of benzene rings is 3. The van der Waals surface area contributed by atoms with Crippen LogP contribution in [0.25, 0.3) is 0 Å². The number of ether oxygens (including phenoxy) is 3. The SMILES string of the molecule is COc1cc(C(=O)N2CCCC(CCOS(=O)(=O)c3ccccc3)(c3ccc(Cl)c(Cl)c3)C2)cc(OC)c1OC. The number of nitrogens with zero attached hydrogens (tertiary/aromatic N) is 1. The molecule has 1 fully saturated rings. The van der Waals surface area contributed by atoms with Gasteiger partial charge in [0.25, 0.3) is 16.0 Å². The van der Waals surface area contributed by atoms with Crippen LogP contribution in [0.5, 0.6) is 17.2 Å². The van der Waals surface area contributed by atoms with Gasteiger partial charge in [0, 0.05) is 24.1 Å². The van der Waals surface area contributed by atoms with Gasteiger partial charge in [0.05, 0.1) is 42.9 Å². The van der Waals surface area contributed by atoms with E-state index < -0.39 is 15.5 Å². The zero-order chi connectivity index (χ0) is 28.9. The Morgan fingerprint density at radius 1 is 0.925 bits per heavy atom. The summed E-state index contributed by atoms with van der Waals surface area (Å²) in [6.07, 6.45) is 1.71. The average molecular weight is 609 g/mol. The van der Waals surface area contributed by atoms with E-state index in [1.807, 2.05) is 6.07 Å². The third-order valence-electron chi connectivity index (χ3n) is 7.16. The van der Waals surface area contributed by atoms with Gasteiger partial charge in [-0.3, -0.25) is 8.98 Å². The first-order valence-electron chi connectivity index (χ1n) is 12.6. The molecule has 1 aliphatic rings. The van der Waals surface area contributed by atoms with E-state index in [1.54, 1.807) is 47.4 Å². The van der Waals surface area contributed by atoms with Crippen molar-refractivity contribution < 1.29 is 31.6 Å². The molecule has 1 amide bonds. The monoisotopic (exact) mass is 607 g/mol. The Hall–Kier alpha value is -2.98. The number of piperidine rings is 1. The Morgan fingerprint density at radius 2 is 1.60 bits per heavy atom. The van der Waals surface area contributed by atoms with Crippen LogP contribution < -0.4 is 14.2 Å². The minimum atomic E-state index is -3.95. The molecule has 40 heavy (non-hydrogen) atoms. The van der Waals surface area contributed by atoms with Gasteiger partial charge in [-0.15, -0.1) is 0 Å². The van der Waals surface area contributed by atoms with Gasteiger partial charge >= 0.3 is 0 Å². The molecule has 0 N–H and O–H groups in total. The van der Waals surface area contributed by atoms with Crippen molar-refractivity contribution >= 4 is 39.2 Å². The predicted molar refractivity (Wildman–Crippen MR) is 154 cm³/mol. The number of carbonyl (C=O) groups excluding carboxylic acids is 1. The topological polar surface area (TPSA) is 91.4 Å². The molecule has 214 valence electrons. The average Bonchev–Trinajstić information content (AvgIpc) is 2.97. The van der Waals surface area contributed by atoms with Crippen molar-refractivity contribution in [2.75, 3.05) is 41.0 Å². The Morgan fingerprint density at radius 3 is 2.20 bits per heavy atom. The molecule has 1 unspecified atom stereocenters. The zero-order valence-electron chi connectivity index (χ0n) is 22.5. The van der Waals surface area contributed by atoms with Crippen molar-refractivity contribution in [2.24, 2.45) is 0 Å². The van der Waals surface area contributed by atoms with Crippen molar-refractivity contribution in [3.8, 4) is 17.2 Å². The van der Waals surface area contributed by atoms with Crippen LogP contribution >= 0.6 is 23.2 Å². The number of amides is 1. The first kappa shape index (κ1) is 30.0. The molecule has 0 aromatic heterocycles. The van der Waals surface area contributed by atoms with Gasteiger partial charge in [-0.1, -0.05) is 47.5 Å². The lowest BCUT2D eigenvalue weighted by Gasteiger charge is -2.43. The van der Waals surface area contributed by atoms with E-state index >= 15 is 0 Å². The zero-order valence-corrected chi connectivity index (χ0v) is 24.8. The number of likely N-dealkylation sites (tertiary alicyclic amines) is 1. The van der Waals surface area contributed by atoms with Crippen LogP contribution in [0.15, 0.2) is 65.6 Å². The summed E-state index contributed by atoms with van der Waals surface area (Å²) in [6, 6.07) is 16.6. The van der Waals surface area contributed by atoms with E-state index in [0.717, 1.165) is 5.56 Å². The summed E-state index contributed by atoms with van der Waals surface area (Å²) < 4.78 is 47.3. The van der Waals surface area contributed by atoms with E-state index in [1.165, 1.54) is 33.5 Å². The van der Waals surface area contributed by atoms with Crippen molar-refractivity contribution in [3.63, 3.8) is 0 Å². The molecule has 0 radical (unpaired) electrons. The lowest BCUT2D eigenvalue weighted by Crippen LogP contribution is -2.49. The number of methoxy groups -OCH3 is 3. The van der Waals surface area contributed by atoms with Crippen LogP contribution in [0, 0.1) is 0 Å². The summed E-state index contributed by atoms with van der Waals surface area (Å²) in [5.41, 5.74) is 0.599. The van der Waals surface area contributed by atoms with E-state index in [-0.39, 0.29) is 17.4 Å². The number of hydrogen-bond acceptors (Lipinski definition) is 7. The molecule has 3 aromatic carbocycles. The van der Waals surface area contributed by atoms with Gasteiger partial charge < -0.3 is 19.1 Å². The largest absolute Gasteiger partial charge is 0.493 e. The first-order valence-corrected chi connectivity index (χ1v) is 14.8. The number of halogens is 2. The quantitative estimate of drug-likeness (QED) is 0.261. The second kappa shape index (κ2) is 12.7. The van der Waals surface area contributed by atoms with Gasteiger partial charge in [-0.2, -0.15) is 8.42 Å². The maximum Gasteiger partial charge on any atom is 0.296 e. The number of carbonyl (C=O) groups is 1. The highest BCUT2D eigenvalue weighted by molar-refractivity contribution is 7.86. The molecule has 0 bridgehead atoms. The Labute approximate surface area is 244 Å². The second-order valence-corrected chi connectivity index (χ2v) is 11.9. The summed E-state index contributed by atoms with van der Waals surface area (Å²) >= 11 is 12.6. The van der Waals surface area contributed by atoms with Crippen LogP contribution in [0.4, 0.5) is 0 Å². The Kier molecular flexibility index (Phi) is 9.51. The molecular formula is C29H31Cl2NO7S. The molecular weight excluding hydrogens is 577 g/mol. The maximum atomic E-state index is 13.8. The second-order valence-electron chi connectivity index (χ2n) is 9.49. The molecule has 0 aliphatic carbocycles. The molecule has 11 heteroatoms. The summed E-state index contributed by atoms with van der Waals surface area (Å²) in [4.78, 5) is 15.6. The predicted octanol–water partition coefficient (Wildman–Crippen LogP) is 5.99. The Balaban J connectivity index is 1.64. The Bertz CT molecular complexity index is 1440. The lowest BCUT2D eigenvalue weighted by atomic mass is 9.71. The fourth-order valence-electron chi connectivity index (χ4n) is 5.10. The summed E-state index contributed by atoms with van der Waals surface area (Å²) in [6.45, 7) is 0.751. The van der Waals surface area contributed by atoms with Gasteiger partial charge in [0.1, 0.15) is 0 Å². The molecule has 0 spiro atoms. The van der Waals surface area contributed by atoms with Gasteiger partial charge in [-0.25, -0.2) is 0 Å². The van der Waals surface area contributed by atoms with Gasteiger partial charge in [0.2, 0.25) is 5.75 Å². The summed E-state index contributed by atoms with van der Waals surface area (Å²) in [7, 11) is 0.534. The third-order valence-corrected chi connectivity index (χ3v) is 9.22. The smallest absolute Gasteiger partial charge is 0.296 e. The number of rotatable bonds is 10. The van der Waals surface area contributed by atoms with Crippen LogP contribution in [-0.2, 0) is 19.7 Å². The molecule has 1 atom stereocenters. The molecule has 1 heterocycles. The summed E-state index contributed by atoms with van der Waals surface area (Å²) in [5, 5.41) is 0.786. The van der Waals surface area contributed by atoms with E-state index in [4.69, 9.17) is 41.6 Å². The van der Waals surface area contributed by atoms with Crippen LogP contribution in [0.2, 0.25) is 10.0 Å². The highest BCUT2D eigenvalue weighted by atomic mass is 35.5. The fraction of sp³-hybridized carbons (Fsp3) is 0.345. The van der Waals surface area contributed by atoms with Crippen LogP contribution in [-0.4, -0.2) is 60.3 Å². The van der Waals surface area contributed by atoms with Crippen molar-refractivity contribution in [2.45, 2.75) is 29.6 Å². The van der Waals surface area contributed by atoms with Crippen LogP contribution in [0.3, 0.4) is 0 Å². The molecule has 1 aliphatic heterocycles. The standard InChI is InChI=1S/C29H31Cl2NO7S/c1-36-25-16-20(17-26(37-2)27(25)38-3)28(33)32-14-7-12-29(19-32,21-10-11-23(30)24(31)18-21)13-15-39-40(34,35)22-8-5-4-6-9-22/h4-6,8-11,16-18H,7,12-15,19H2,1-3H3. The van der Waals surface area contributed by atoms with E-state index in [9.17, 15) is 13.2 Å². The van der Waals surface area contributed by atoms with E-state index in [2.05, 4.69) is 0 Å². The molecule has 4 rings (SSSR count). The first-order chi connectivity index (χ1) is 19.1. The highest BCUT2D eigenvalue weighted by Gasteiger charge is 2.40. The molecule has 3 aromatic rings. The third kappa shape index (κ3) is 6.33. The van der Waals surface area contributed by atoms with Crippen LogP contribution in [0.1, 0.15) is 35.2 Å². The lowest BCUT2D eigenvalue weighted by molar-refractivity contribution is 0.0608. The van der Waals surface area contributed by atoms with Crippen molar-refractivity contribution in [1.29, 1.82) is 0 Å². The van der Waals surface area contributed by atoms with E-state index in [0.29, 0.717) is 65.2 Å². The summed E-state index contributed by atoms with van der Waals surface area (Å²) in [5.74, 6) is 0.915. The van der Waals surface area contributed by atoms with Crippen molar-refractivity contribution in [1.82, 2.24) is 4.90 Å². The van der Waals surface area contributed by atoms with Gasteiger partial charge in [0.15, 0.2) is 11.5 Å².